The minimum absolute atomic E-state index is 0.0464. The van der Waals surface area contributed by atoms with Crippen LogP contribution in [0.1, 0.15) is 45.4 Å². The molecular formula is C20H26N2O2S. The molecule has 1 heterocycles. The molecule has 5 heteroatoms. The van der Waals surface area contributed by atoms with Gasteiger partial charge in [-0.1, -0.05) is 19.1 Å². The van der Waals surface area contributed by atoms with Crippen LogP contribution >= 0.6 is 11.8 Å². The Labute approximate surface area is 153 Å². The van der Waals surface area contributed by atoms with Crippen molar-refractivity contribution >= 4 is 29.3 Å². The predicted molar refractivity (Wildman–Crippen MR) is 101 cm³/mol. The molecule has 1 aliphatic heterocycles. The van der Waals surface area contributed by atoms with Gasteiger partial charge < -0.3 is 9.80 Å². The number of hydrogen-bond acceptors (Lipinski definition) is 3. The van der Waals surface area contributed by atoms with Crippen molar-refractivity contribution in [1.29, 1.82) is 0 Å². The number of thioether (sulfide) groups is 1. The van der Waals surface area contributed by atoms with Gasteiger partial charge in [-0.05, 0) is 56.6 Å². The van der Waals surface area contributed by atoms with Crippen LogP contribution in [0.5, 0.6) is 0 Å². The molecule has 0 N–H and O–H groups in total. The van der Waals surface area contributed by atoms with Gasteiger partial charge in [0.05, 0.1) is 11.4 Å². The average Bonchev–Trinajstić information content (AvgIpc) is 3.44. The fourth-order valence-electron chi connectivity index (χ4n) is 4.12. The first-order valence-electron chi connectivity index (χ1n) is 9.47. The van der Waals surface area contributed by atoms with Gasteiger partial charge in [0.1, 0.15) is 6.54 Å². The molecule has 0 unspecified atom stereocenters. The summed E-state index contributed by atoms with van der Waals surface area (Å²) in [6.07, 6.45) is 6.90. The Balaban J connectivity index is 1.51. The van der Waals surface area contributed by atoms with Crippen LogP contribution in [-0.2, 0) is 9.59 Å². The molecule has 0 atom stereocenters. The monoisotopic (exact) mass is 358 g/mol. The minimum atomic E-state index is 0.0464. The van der Waals surface area contributed by atoms with Crippen LogP contribution in [0.2, 0.25) is 0 Å². The number of carbonyl (C=O) groups excluding carboxylic acids is 2. The summed E-state index contributed by atoms with van der Waals surface area (Å²) >= 11 is 1.57. The van der Waals surface area contributed by atoms with E-state index >= 15 is 0 Å². The second kappa shape index (κ2) is 7.02. The maximum absolute atomic E-state index is 13.2. The molecule has 0 saturated heterocycles. The molecule has 134 valence electrons. The normalized spacial score (nSPS) is 26.3. The van der Waals surface area contributed by atoms with Crippen LogP contribution in [0, 0.1) is 5.92 Å². The SMILES string of the molecule is CC1CCC(N(C(=O)CN2C(=O)CSc3ccccc32)C2CC2)CC1. The Kier molecular flexibility index (Phi) is 4.76. The Morgan fingerprint density at radius 1 is 1.12 bits per heavy atom. The number of rotatable bonds is 4. The Morgan fingerprint density at radius 2 is 1.76 bits per heavy atom. The lowest BCUT2D eigenvalue weighted by atomic mass is 9.86. The van der Waals surface area contributed by atoms with Crippen LogP contribution in [0.3, 0.4) is 0 Å². The number of amides is 2. The molecule has 2 fully saturated rings. The van der Waals surface area contributed by atoms with E-state index in [0.717, 1.165) is 42.2 Å². The average molecular weight is 359 g/mol. The lowest BCUT2D eigenvalue weighted by Gasteiger charge is -2.38. The number of para-hydroxylation sites is 1. The number of benzene rings is 1. The van der Waals surface area contributed by atoms with Gasteiger partial charge in [0, 0.05) is 17.0 Å². The van der Waals surface area contributed by atoms with Gasteiger partial charge in [-0.2, -0.15) is 0 Å². The van der Waals surface area contributed by atoms with E-state index < -0.39 is 0 Å². The van der Waals surface area contributed by atoms with Crippen molar-refractivity contribution in [2.45, 2.75) is 62.4 Å². The van der Waals surface area contributed by atoms with Crippen molar-refractivity contribution in [2.75, 3.05) is 17.2 Å². The molecule has 25 heavy (non-hydrogen) atoms. The van der Waals surface area contributed by atoms with E-state index in [-0.39, 0.29) is 18.4 Å². The van der Waals surface area contributed by atoms with Crippen molar-refractivity contribution in [3.05, 3.63) is 24.3 Å². The maximum atomic E-state index is 13.2. The van der Waals surface area contributed by atoms with Gasteiger partial charge >= 0.3 is 0 Å². The Hall–Kier alpha value is -1.49. The molecule has 2 saturated carbocycles. The van der Waals surface area contributed by atoms with E-state index in [4.69, 9.17) is 0 Å². The van der Waals surface area contributed by atoms with Gasteiger partial charge in [-0.25, -0.2) is 0 Å². The van der Waals surface area contributed by atoms with Crippen LogP contribution in [-0.4, -0.2) is 41.1 Å². The Morgan fingerprint density at radius 3 is 2.44 bits per heavy atom. The number of nitrogens with zero attached hydrogens (tertiary/aromatic N) is 2. The first-order chi connectivity index (χ1) is 12.1. The zero-order chi connectivity index (χ0) is 17.4. The minimum Gasteiger partial charge on any atom is -0.335 e. The standard InChI is InChI=1S/C20H26N2O2S/c1-14-6-8-15(9-7-14)22(16-10-11-16)19(23)12-21-17-4-2-3-5-18(17)25-13-20(21)24/h2-5,14-16H,6-13H2,1H3. The molecular weight excluding hydrogens is 332 g/mol. The highest BCUT2D eigenvalue weighted by molar-refractivity contribution is 8.00. The zero-order valence-corrected chi connectivity index (χ0v) is 15.6. The third-order valence-corrected chi connectivity index (χ3v) is 6.76. The summed E-state index contributed by atoms with van der Waals surface area (Å²) in [6.45, 7) is 2.50. The molecule has 0 spiro atoms. The van der Waals surface area contributed by atoms with E-state index in [1.807, 2.05) is 24.3 Å². The number of anilines is 1. The summed E-state index contributed by atoms with van der Waals surface area (Å²) in [5.74, 6) is 1.39. The van der Waals surface area contributed by atoms with Gasteiger partial charge in [0.15, 0.2) is 0 Å². The fourth-order valence-corrected chi connectivity index (χ4v) is 5.06. The summed E-state index contributed by atoms with van der Waals surface area (Å²) in [7, 11) is 0. The van der Waals surface area contributed by atoms with Crippen LogP contribution in [0.4, 0.5) is 5.69 Å². The smallest absolute Gasteiger partial charge is 0.243 e. The molecule has 0 radical (unpaired) electrons. The van der Waals surface area contributed by atoms with E-state index in [1.165, 1.54) is 12.8 Å². The van der Waals surface area contributed by atoms with E-state index in [1.54, 1.807) is 16.7 Å². The highest BCUT2D eigenvalue weighted by Crippen LogP contribution is 2.37. The molecule has 3 aliphatic rings. The van der Waals surface area contributed by atoms with Crippen LogP contribution < -0.4 is 4.90 Å². The lowest BCUT2D eigenvalue weighted by molar-refractivity contribution is -0.134. The molecule has 4 rings (SSSR count). The fraction of sp³-hybridized carbons (Fsp3) is 0.600. The summed E-state index contributed by atoms with van der Waals surface area (Å²) < 4.78 is 0. The summed E-state index contributed by atoms with van der Waals surface area (Å²) in [4.78, 5) is 30.6. The third-order valence-electron chi connectivity index (χ3n) is 5.71. The van der Waals surface area contributed by atoms with Crippen LogP contribution in [0.25, 0.3) is 0 Å². The quantitative estimate of drug-likeness (QED) is 0.824. The van der Waals surface area contributed by atoms with Crippen molar-refractivity contribution in [3.8, 4) is 0 Å². The van der Waals surface area contributed by atoms with Crippen molar-refractivity contribution in [2.24, 2.45) is 5.92 Å². The number of carbonyl (C=O) groups is 2. The molecule has 4 nitrogen and oxygen atoms in total. The summed E-state index contributed by atoms with van der Waals surface area (Å²) in [6, 6.07) is 8.70. The first-order valence-corrected chi connectivity index (χ1v) is 10.5. The Bertz CT molecular complexity index is 665. The molecule has 1 aromatic carbocycles. The van der Waals surface area contributed by atoms with Crippen LogP contribution in [0.15, 0.2) is 29.2 Å². The highest BCUT2D eigenvalue weighted by Gasteiger charge is 2.39. The molecule has 2 amide bonds. The van der Waals surface area contributed by atoms with Gasteiger partial charge in [0.2, 0.25) is 11.8 Å². The number of fused-ring (bicyclic) bond motifs is 1. The van der Waals surface area contributed by atoms with Gasteiger partial charge in [0.25, 0.3) is 0 Å². The molecule has 2 aliphatic carbocycles. The van der Waals surface area contributed by atoms with Gasteiger partial charge in [-0.15, -0.1) is 11.8 Å². The van der Waals surface area contributed by atoms with E-state index in [9.17, 15) is 9.59 Å². The van der Waals surface area contributed by atoms with Gasteiger partial charge in [-0.3, -0.25) is 9.59 Å². The van der Waals surface area contributed by atoms with E-state index in [0.29, 0.717) is 17.8 Å². The number of hydrogen-bond donors (Lipinski definition) is 0. The van der Waals surface area contributed by atoms with E-state index in [2.05, 4.69) is 11.8 Å². The lowest BCUT2D eigenvalue weighted by Crippen LogP contribution is -2.50. The summed E-state index contributed by atoms with van der Waals surface area (Å²) in [5.41, 5.74) is 0.894. The third kappa shape index (κ3) is 3.57. The van der Waals surface area contributed by atoms with Crippen molar-refractivity contribution in [1.82, 2.24) is 4.90 Å². The zero-order valence-electron chi connectivity index (χ0n) is 14.8. The molecule has 1 aromatic rings. The predicted octanol–water partition coefficient (Wildman–Crippen LogP) is 3.70. The second-order valence-electron chi connectivity index (χ2n) is 7.68. The first kappa shape index (κ1) is 17.0. The molecule has 0 aromatic heterocycles. The maximum Gasteiger partial charge on any atom is 0.243 e. The highest BCUT2D eigenvalue weighted by atomic mass is 32.2. The van der Waals surface area contributed by atoms with Crippen molar-refractivity contribution < 1.29 is 9.59 Å². The topological polar surface area (TPSA) is 40.6 Å². The summed E-state index contributed by atoms with van der Waals surface area (Å²) in [5, 5.41) is 0. The largest absolute Gasteiger partial charge is 0.335 e. The second-order valence-corrected chi connectivity index (χ2v) is 8.70. The van der Waals surface area contributed by atoms with Crippen molar-refractivity contribution in [3.63, 3.8) is 0 Å². The molecule has 0 bridgehead atoms.